The molecule has 3 N–H and O–H groups in total. The van der Waals surface area contributed by atoms with E-state index in [0.717, 1.165) is 43.6 Å². The predicted octanol–water partition coefficient (Wildman–Crippen LogP) is 5.72. The number of fused-ring (bicyclic) bond motifs is 4. The van der Waals surface area contributed by atoms with E-state index in [1.165, 1.54) is 12.1 Å². The summed E-state index contributed by atoms with van der Waals surface area (Å²) in [4.78, 5) is 26.6. The SMILES string of the molecule is N#Cc1c(N)sc2c(F)ccc(-c3c(Cl)c4c5c(nc(OC[C@@]67CCCN6C[C@H](F)C7)nc5c3F)N3CCCCNC(=O)C3CCO4)c12. The molecule has 0 saturated carbocycles. The molecule has 4 aromatic rings. The Labute approximate surface area is 282 Å². The Morgan fingerprint density at radius 3 is 2.92 bits per heavy atom. The number of nitrogen functional groups attached to an aromatic ring is 1. The van der Waals surface area contributed by atoms with Crippen molar-refractivity contribution >= 4 is 60.7 Å². The van der Waals surface area contributed by atoms with Gasteiger partial charge >= 0.3 is 6.01 Å². The van der Waals surface area contributed by atoms with Crippen LogP contribution in [0.3, 0.4) is 0 Å². The fourth-order valence-electron chi connectivity index (χ4n) is 7.88. The van der Waals surface area contributed by atoms with Crippen LogP contribution >= 0.6 is 22.9 Å². The van der Waals surface area contributed by atoms with Crippen LogP contribution in [0.4, 0.5) is 24.0 Å². The average Bonchev–Trinajstić information content (AvgIpc) is 3.70. The van der Waals surface area contributed by atoms with Crippen LogP contribution < -0.4 is 25.4 Å². The van der Waals surface area contributed by atoms with Crippen LogP contribution in [0, 0.1) is 23.0 Å². The first-order chi connectivity index (χ1) is 23.2. The number of rotatable bonds is 4. The first-order valence-corrected chi connectivity index (χ1v) is 17.2. The Kier molecular flexibility index (Phi) is 7.69. The summed E-state index contributed by atoms with van der Waals surface area (Å²) in [6.07, 6.45) is 2.75. The molecule has 4 aliphatic heterocycles. The maximum atomic E-state index is 17.2. The Bertz CT molecular complexity index is 2040. The van der Waals surface area contributed by atoms with Crippen LogP contribution in [0.15, 0.2) is 12.1 Å². The van der Waals surface area contributed by atoms with Gasteiger partial charge in [0.2, 0.25) is 5.91 Å². The van der Waals surface area contributed by atoms with Gasteiger partial charge in [-0.3, -0.25) is 9.69 Å². The van der Waals surface area contributed by atoms with Crippen molar-refractivity contribution in [2.24, 2.45) is 0 Å². The highest BCUT2D eigenvalue weighted by Crippen LogP contribution is 2.51. The van der Waals surface area contributed by atoms with E-state index in [4.69, 9.17) is 31.8 Å². The number of nitrogens with two attached hydrogens (primary N) is 1. The zero-order valence-electron chi connectivity index (χ0n) is 25.8. The number of nitrogens with zero attached hydrogens (tertiary/aromatic N) is 5. The lowest BCUT2D eigenvalue weighted by molar-refractivity contribution is -0.123. The molecule has 10 nitrogen and oxygen atoms in total. The van der Waals surface area contributed by atoms with Crippen LogP contribution in [0.2, 0.25) is 5.02 Å². The number of carbonyl (C=O) groups is 1. The van der Waals surface area contributed by atoms with Gasteiger partial charge in [-0.25, -0.2) is 13.2 Å². The van der Waals surface area contributed by atoms with Crippen LogP contribution in [-0.2, 0) is 4.79 Å². The Morgan fingerprint density at radius 1 is 1.23 bits per heavy atom. The highest BCUT2D eigenvalue weighted by molar-refractivity contribution is 7.23. The number of hydrogen-bond donors (Lipinski definition) is 2. The van der Waals surface area contributed by atoms with Crippen LogP contribution in [0.5, 0.6) is 11.8 Å². The molecule has 8 rings (SSSR count). The third kappa shape index (κ3) is 4.81. The molecule has 48 heavy (non-hydrogen) atoms. The van der Waals surface area contributed by atoms with Crippen molar-refractivity contribution in [1.29, 1.82) is 5.26 Å². The fourth-order valence-corrected chi connectivity index (χ4v) is 9.17. The largest absolute Gasteiger partial charge is 0.491 e. The molecule has 4 aliphatic rings. The molecule has 1 amide bonds. The van der Waals surface area contributed by atoms with Crippen LogP contribution in [0.25, 0.3) is 32.1 Å². The van der Waals surface area contributed by atoms with Crippen molar-refractivity contribution in [3.8, 4) is 29.0 Å². The highest BCUT2D eigenvalue weighted by atomic mass is 35.5. The molecule has 2 aromatic carbocycles. The number of amides is 1. The van der Waals surface area contributed by atoms with Crippen molar-refractivity contribution in [2.45, 2.75) is 56.3 Å². The quantitative estimate of drug-likeness (QED) is 0.275. The first-order valence-electron chi connectivity index (χ1n) is 16.0. The van der Waals surface area contributed by atoms with Gasteiger partial charge in [0, 0.05) is 43.4 Å². The number of carbonyl (C=O) groups excluding carboxylic acids is 1. The van der Waals surface area contributed by atoms with Gasteiger partial charge in [0.25, 0.3) is 0 Å². The van der Waals surface area contributed by atoms with Gasteiger partial charge < -0.3 is 25.4 Å². The van der Waals surface area contributed by atoms with Gasteiger partial charge in [0.15, 0.2) is 11.6 Å². The number of anilines is 2. The lowest BCUT2D eigenvalue weighted by Crippen LogP contribution is -2.51. The molecule has 0 aliphatic carbocycles. The minimum Gasteiger partial charge on any atom is -0.491 e. The molecule has 250 valence electrons. The summed E-state index contributed by atoms with van der Waals surface area (Å²) in [6, 6.07) is 3.75. The summed E-state index contributed by atoms with van der Waals surface area (Å²) in [5, 5.41) is 13.2. The maximum Gasteiger partial charge on any atom is 0.319 e. The summed E-state index contributed by atoms with van der Waals surface area (Å²) in [5.74, 6) is -1.35. The number of hydrogen-bond acceptors (Lipinski definition) is 10. The van der Waals surface area contributed by atoms with Crippen molar-refractivity contribution in [3.05, 3.63) is 34.4 Å². The molecule has 6 heterocycles. The normalized spacial score (nSPS) is 24.2. The molecule has 0 bridgehead atoms. The second-order valence-electron chi connectivity index (χ2n) is 12.8. The zero-order chi connectivity index (χ0) is 33.3. The Morgan fingerprint density at radius 2 is 2.08 bits per heavy atom. The van der Waals surface area contributed by atoms with Gasteiger partial charge in [-0.2, -0.15) is 15.2 Å². The van der Waals surface area contributed by atoms with Gasteiger partial charge in [0.1, 0.15) is 47.0 Å². The van der Waals surface area contributed by atoms with Gasteiger partial charge in [-0.15, -0.1) is 11.3 Å². The van der Waals surface area contributed by atoms with E-state index in [0.29, 0.717) is 26.1 Å². The van der Waals surface area contributed by atoms with Gasteiger partial charge in [-0.05, 0) is 43.9 Å². The molecular formula is C33H31ClF3N7O3S. The summed E-state index contributed by atoms with van der Waals surface area (Å²) in [7, 11) is 0. The fraction of sp³-hybridized carbons (Fsp3) is 0.455. The van der Waals surface area contributed by atoms with Gasteiger partial charge in [0.05, 0.1) is 32.8 Å². The molecular weight excluding hydrogens is 667 g/mol. The maximum absolute atomic E-state index is 17.2. The van der Waals surface area contributed by atoms with Crippen molar-refractivity contribution < 1.29 is 27.4 Å². The standard InChI is InChI=1S/C33H31ClF3N7O3S/c34-24-22(17-4-5-19(36)28-21(17)18(13-38)29(39)48-28)25(37)26-23-27(24)46-11-6-20-31(45)40-8-1-2-10-44(20)30(23)42-32(41-26)47-15-33-7-3-9-43(33)14-16(35)12-33/h4-5,16,20H,1-3,6-12,14-15,39H2,(H,40,45)/t16-,20?,33+/m1/s1. The monoisotopic (exact) mass is 697 g/mol. The molecule has 0 spiro atoms. The first kappa shape index (κ1) is 31.2. The Balaban J connectivity index is 1.37. The molecule has 3 saturated heterocycles. The third-order valence-corrected chi connectivity index (χ3v) is 11.5. The minimum absolute atomic E-state index is 0.00800. The highest BCUT2D eigenvalue weighted by Gasteiger charge is 2.49. The number of nitrogens with one attached hydrogen (secondary N) is 1. The number of benzene rings is 2. The van der Waals surface area contributed by atoms with E-state index < -0.39 is 29.4 Å². The number of thiophene rings is 1. The smallest absolute Gasteiger partial charge is 0.319 e. The molecule has 3 fully saturated rings. The van der Waals surface area contributed by atoms with Gasteiger partial charge in [-0.1, -0.05) is 17.7 Å². The molecule has 15 heteroatoms. The second kappa shape index (κ2) is 11.8. The molecule has 3 atom stereocenters. The van der Waals surface area contributed by atoms with E-state index in [1.54, 1.807) is 0 Å². The zero-order valence-corrected chi connectivity index (χ0v) is 27.3. The van der Waals surface area contributed by atoms with Crippen molar-refractivity contribution in [3.63, 3.8) is 0 Å². The second-order valence-corrected chi connectivity index (χ2v) is 14.3. The summed E-state index contributed by atoms with van der Waals surface area (Å²) in [6.45, 7) is 2.26. The summed E-state index contributed by atoms with van der Waals surface area (Å²) in [5.41, 5.74) is 5.41. The van der Waals surface area contributed by atoms with E-state index in [9.17, 15) is 18.8 Å². The van der Waals surface area contributed by atoms with Crippen molar-refractivity contribution in [1.82, 2.24) is 20.2 Å². The molecule has 1 unspecified atom stereocenters. The average molecular weight is 698 g/mol. The van der Waals surface area contributed by atoms with E-state index >= 15 is 4.39 Å². The number of ether oxygens (including phenoxy) is 2. The van der Waals surface area contributed by atoms with E-state index in [2.05, 4.69) is 15.2 Å². The van der Waals surface area contributed by atoms with E-state index in [-0.39, 0.29) is 90.8 Å². The number of aromatic nitrogens is 2. The summed E-state index contributed by atoms with van der Waals surface area (Å²) < 4.78 is 59.3. The van der Waals surface area contributed by atoms with Crippen LogP contribution in [0.1, 0.15) is 44.1 Å². The lowest BCUT2D eigenvalue weighted by atomic mass is 9.95. The lowest BCUT2D eigenvalue weighted by Gasteiger charge is -2.36. The van der Waals surface area contributed by atoms with Crippen LogP contribution in [-0.4, -0.2) is 77.9 Å². The molecule has 2 aromatic heterocycles. The number of nitriles is 1. The number of halogens is 4. The molecule has 0 radical (unpaired) electrons. The van der Waals surface area contributed by atoms with E-state index in [1.807, 2.05) is 11.0 Å². The third-order valence-electron chi connectivity index (χ3n) is 10.1. The minimum atomic E-state index is -0.973. The predicted molar refractivity (Wildman–Crippen MR) is 176 cm³/mol. The van der Waals surface area contributed by atoms with Crippen molar-refractivity contribution in [2.75, 3.05) is 50.0 Å². The Hall–Kier alpha value is -4.06. The number of alkyl halides is 1. The topological polar surface area (TPSA) is 130 Å². The summed E-state index contributed by atoms with van der Waals surface area (Å²) >= 11 is 7.92.